The van der Waals surface area contributed by atoms with Gasteiger partial charge in [-0.3, -0.25) is 0 Å². The molecule has 0 aliphatic heterocycles. The van der Waals surface area contributed by atoms with Gasteiger partial charge in [-0.25, -0.2) is 0 Å². The summed E-state index contributed by atoms with van der Waals surface area (Å²) in [6, 6.07) is 0. The van der Waals surface area contributed by atoms with Crippen molar-refractivity contribution in [3.8, 4) is 0 Å². The third-order valence-corrected chi connectivity index (χ3v) is 1.41. The summed E-state index contributed by atoms with van der Waals surface area (Å²) >= 11 is 1.57. The Kier molecular flexibility index (Phi) is 6.48. The van der Waals surface area contributed by atoms with Crippen LogP contribution in [-0.2, 0) is 24.2 Å². The average Bonchev–Trinajstić information content (AvgIpc) is 1.61. The molecule has 0 saturated carbocycles. The summed E-state index contributed by atoms with van der Waals surface area (Å²) in [5.41, 5.74) is 0. The van der Waals surface area contributed by atoms with Gasteiger partial charge in [0.05, 0.1) is 0 Å². The van der Waals surface area contributed by atoms with Crippen molar-refractivity contribution in [3.05, 3.63) is 0 Å². The maximum atomic E-state index is 2.30. The van der Waals surface area contributed by atoms with Crippen LogP contribution in [0.4, 0.5) is 0 Å². The van der Waals surface area contributed by atoms with Gasteiger partial charge in [-0.1, -0.05) is 0 Å². The van der Waals surface area contributed by atoms with Crippen molar-refractivity contribution >= 4 is 3.71 Å². The Labute approximate surface area is 54.3 Å². The Morgan fingerprint density at radius 1 is 1.67 bits per heavy atom. The minimum atomic E-state index is 1.33. The van der Waals surface area contributed by atoms with Gasteiger partial charge in [-0.15, -0.1) is 0 Å². The second-order valence-corrected chi connectivity index (χ2v) is 2.35. The molecule has 0 saturated heterocycles. The van der Waals surface area contributed by atoms with Crippen LogP contribution in [0.2, 0.25) is 0 Å². The summed E-state index contributed by atoms with van der Waals surface area (Å²) in [4.78, 5) is 0. The molecule has 0 aromatic carbocycles. The summed E-state index contributed by atoms with van der Waals surface area (Å²) < 4.78 is 2.30. The molecule has 0 atom stereocenters. The fraction of sp³-hybridized carbons (Fsp3) is 0.800. The van der Waals surface area contributed by atoms with E-state index in [-0.39, 0.29) is 0 Å². The second-order valence-electron chi connectivity index (χ2n) is 1.35. The number of hydrogen-bond donors (Lipinski definition) is 0. The van der Waals surface area contributed by atoms with Gasteiger partial charge in [-0.05, 0) is 0 Å². The molecule has 0 heterocycles. The van der Waals surface area contributed by atoms with Crippen LogP contribution >= 0.6 is 0 Å². The normalized spacial score (nSPS) is 8.00. The molecule has 6 heavy (non-hydrogen) atoms. The van der Waals surface area contributed by atoms with Crippen molar-refractivity contribution in [1.82, 2.24) is 0 Å². The Balaban J connectivity index is 2.49. The van der Waals surface area contributed by atoms with Gasteiger partial charge in [0.25, 0.3) is 0 Å². The second kappa shape index (κ2) is 5.75. The Hall–Kier alpha value is 0.753. The van der Waals surface area contributed by atoms with E-state index in [0.29, 0.717) is 0 Å². The molecule has 0 aliphatic rings. The number of hydrogen-bond acceptors (Lipinski definition) is 0. The summed E-state index contributed by atoms with van der Waals surface area (Å²) in [5, 5.41) is 0. The standard InChI is InChI=1S/C5H10.Zr/c1-3-5-4-2;/h1H,3-5H2,2H3;. The van der Waals surface area contributed by atoms with E-state index in [1.165, 1.54) is 19.3 Å². The van der Waals surface area contributed by atoms with Crippen molar-refractivity contribution in [1.29, 1.82) is 0 Å². The summed E-state index contributed by atoms with van der Waals surface area (Å²) in [6.07, 6.45) is 4.05. The fourth-order valence-corrected chi connectivity index (χ4v) is 0.808. The Bertz CT molecular complexity index is 32.9. The summed E-state index contributed by atoms with van der Waals surface area (Å²) in [5.74, 6) is 0. The first-order valence-corrected chi connectivity index (χ1v) is 3.82. The van der Waals surface area contributed by atoms with Gasteiger partial charge < -0.3 is 0 Å². The molecule has 1 heteroatoms. The van der Waals surface area contributed by atoms with Gasteiger partial charge in [-0.2, -0.15) is 0 Å². The van der Waals surface area contributed by atoms with Gasteiger partial charge in [0.15, 0.2) is 0 Å². The molecule has 0 unspecified atom stereocenters. The van der Waals surface area contributed by atoms with Gasteiger partial charge in [0, 0.05) is 0 Å². The molecule has 0 N–H and O–H groups in total. The molecule has 0 fully saturated rings. The van der Waals surface area contributed by atoms with Gasteiger partial charge in [0.2, 0.25) is 0 Å². The molecule has 0 aromatic heterocycles. The maximum absolute atomic E-state index is 2.30. The molecule has 0 rings (SSSR count). The number of rotatable bonds is 3. The van der Waals surface area contributed by atoms with E-state index in [9.17, 15) is 0 Å². The third-order valence-electron chi connectivity index (χ3n) is 0.702. The Morgan fingerprint density at radius 2 is 2.33 bits per heavy atom. The van der Waals surface area contributed by atoms with Gasteiger partial charge >= 0.3 is 54.1 Å². The monoisotopic (exact) mass is 160 g/mol. The first-order chi connectivity index (χ1) is 2.91. The average molecular weight is 161 g/mol. The molecule has 0 aromatic rings. The SMILES string of the molecule is CCCC[CH]=[Zr]. The van der Waals surface area contributed by atoms with Crippen LogP contribution in [0.1, 0.15) is 26.2 Å². The molecule has 0 spiro atoms. The first kappa shape index (κ1) is 6.75. The predicted molar refractivity (Wildman–Crippen MR) is 25.6 cm³/mol. The van der Waals surface area contributed by atoms with Crippen LogP contribution in [-0.4, -0.2) is 3.71 Å². The van der Waals surface area contributed by atoms with E-state index in [0.717, 1.165) is 0 Å². The van der Waals surface area contributed by atoms with E-state index in [1.807, 2.05) is 0 Å². The van der Waals surface area contributed by atoms with E-state index in [1.54, 1.807) is 24.2 Å². The van der Waals surface area contributed by atoms with Crippen molar-refractivity contribution in [2.75, 3.05) is 0 Å². The molecule has 0 nitrogen and oxygen atoms in total. The minimum absolute atomic E-state index is 1.33. The van der Waals surface area contributed by atoms with E-state index < -0.39 is 0 Å². The zero-order valence-corrected chi connectivity index (χ0v) is 6.66. The first-order valence-electron chi connectivity index (χ1n) is 2.40. The predicted octanol–water partition coefficient (Wildman–Crippen LogP) is 1.53. The van der Waals surface area contributed by atoms with Crippen LogP contribution in [0.5, 0.6) is 0 Å². The fourth-order valence-electron chi connectivity index (χ4n) is 0.306. The van der Waals surface area contributed by atoms with Crippen molar-refractivity contribution in [3.63, 3.8) is 0 Å². The van der Waals surface area contributed by atoms with Crippen LogP contribution in [0.25, 0.3) is 0 Å². The van der Waals surface area contributed by atoms with E-state index >= 15 is 0 Å². The third kappa shape index (κ3) is 4.75. The van der Waals surface area contributed by atoms with Crippen molar-refractivity contribution < 1.29 is 24.2 Å². The number of unbranched alkanes of at least 4 members (excludes halogenated alkanes) is 2. The zero-order chi connectivity index (χ0) is 4.83. The van der Waals surface area contributed by atoms with Crippen molar-refractivity contribution in [2.24, 2.45) is 0 Å². The van der Waals surface area contributed by atoms with Gasteiger partial charge in [0.1, 0.15) is 0 Å². The Morgan fingerprint density at radius 3 is 2.50 bits per heavy atom. The van der Waals surface area contributed by atoms with Crippen LogP contribution < -0.4 is 0 Å². The van der Waals surface area contributed by atoms with E-state index in [4.69, 9.17) is 0 Å². The quantitative estimate of drug-likeness (QED) is 0.551. The zero-order valence-electron chi connectivity index (χ0n) is 4.20. The summed E-state index contributed by atoms with van der Waals surface area (Å²) in [7, 11) is 0. The molecular formula is C5H10Zr. The van der Waals surface area contributed by atoms with Crippen LogP contribution in [0.3, 0.4) is 0 Å². The van der Waals surface area contributed by atoms with Crippen molar-refractivity contribution in [2.45, 2.75) is 26.2 Å². The molecule has 34 valence electrons. The van der Waals surface area contributed by atoms with Crippen LogP contribution in [0, 0.1) is 0 Å². The molecule has 0 bridgehead atoms. The molecule has 0 radical (unpaired) electrons. The molecular weight excluding hydrogens is 151 g/mol. The molecule has 0 amide bonds. The summed E-state index contributed by atoms with van der Waals surface area (Å²) in [6.45, 7) is 2.22. The topological polar surface area (TPSA) is 0 Å². The molecule has 0 aliphatic carbocycles. The van der Waals surface area contributed by atoms with Crippen LogP contribution in [0.15, 0.2) is 0 Å². The van der Waals surface area contributed by atoms with E-state index in [2.05, 4.69) is 10.6 Å².